The lowest BCUT2D eigenvalue weighted by Crippen LogP contribution is -2.12. The van der Waals surface area contributed by atoms with Crippen LogP contribution in [0.2, 0.25) is 0 Å². The number of thioether (sulfide) groups is 1. The van der Waals surface area contributed by atoms with Gasteiger partial charge in [-0.3, -0.25) is 5.41 Å². The maximum atomic E-state index is 7.14. The van der Waals surface area contributed by atoms with Crippen molar-refractivity contribution in [3.8, 4) is 0 Å². The van der Waals surface area contributed by atoms with Crippen molar-refractivity contribution in [1.82, 2.24) is 0 Å². The molecule has 1 aromatic rings. The Balaban J connectivity index is 0.00000225. The van der Waals surface area contributed by atoms with Crippen LogP contribution < -0.4 is 5.73 Å². The van der Waals surface area contributed by atoms with Crippen LogP contribution in [0.15, 0.2) is 29.2 Å². The third-order valence-corrected chi connectivity index (χ3v) is 3.18. The van der Waals surface area contributed by atoms with E-state index in [9.17, 15) is 0 Å². The van der Waals surface area contributed by atoms with Crippen molar-refractivity contribution in [3.05, 3.63) is 29.8 Å². The molecule has 0 unspecified atom stereocenters. The molecule has 0 saturated carbocycles. The summed E-state index contributed by atoms with van der Waals surface area (Å²) >= 11 is 1.60. The second-order valence-electron chi connectivity index (χ2n) is 4.59. The van der Waals surface area contributed by atoms with Crippen LogP contribution in [0.3, 0.4) is 0 Å². The van der Waals surface area contributed by atoms with Gasteiger partial charge >= 0.3 is 0 Å². The second-order valence-corrected chi connectivity index (χ2v) is 5.64. The van der Waals surface area contributed by atoms with Crippen molar-refractivity contribution >= 4 is 30.0 Å². The fraction of sp³-hybridized carbons (Fsp3) is 0.417. The van der Waals surface area contributed by atoms with Crippen molar-refractivity contribution < 1.29 is 0 Å². The lowest BCUT2D eigenvalue weighted by atomic mass is 9.87. The van der Waals surface area contributed by atoms with E-state index in [1.807, 2.05) is 0 Å². The summed E-state index contributed by atoms with van der Waals surface area (Å²) in [5.41, 5.74) is 6.83. The van der Waals surface area contributed by atoms with Gasteiger partial charge in [0.2, 0.25) is 0 Å². The predicted molar refractivity (Wildman–Crippen MR) is 75.0 cm³/mol. The van der Waals surface area contributed by atoms with E-state index < -0.39 is 0 Å². The second kappa shape index (κ2) is 6.16. The third-order valence-electron chi connectivity index (χ3n) is 2.11. The monoisotopic (exact) mass is 258 g/mol. The molecular weight excluding hydrogens is 240 g/mol. The third kappa shape index (κ3) is 4.90. The molecule has 0 aliphatic rings. The summed E-state index contributed by atoms with van der Waals surface area (Å²) in [7, 11) is 0. The fourth-order valence-electron chi connectivity index (χ4n) is 1.21. The number of halogens is 1. The molecule has 0 bridgehead atoms. The van der Waals surface area contributed by atoms with Crippen molar-refractivity contribution in [1.29, 1.82) is 5.41 Å². The smallest absolute Gasteiger partial charge is 0.101 e. The molecular formula is C12H19ClN2S. The number of benzene rings is 1. The van der Waals surface area contributed by atoms with Crippen molar-refractivity contribution in [2.75, 3.05) is 5.75 Å². The van der Waals surface area contributed by atoms with Crippen molar-refractivity contribution in [3.63, 3.8) is 0 Å². The zero-order valence-electron chi connectivity index (χ0n) is 9.91. The molecule has 0 atom stereocenters. The number of hydrogen-bond acceptors (Lipinski definition) is 2. The van der Waals surface area contributed by atoms with Gasteiger partial charge in [0.15, 0.2) is 0 Å². The number of amidine groups is 1. The number of rotatable bonds is 3. The summed E-state index contributed by atoms with van der Waals surface area (Å²) in [5, 5.41) is 7.14. The molecule has 0 saturated heterocycles. The van der Waals surface area contributed by atoms with Crippen LogP contribution in [0.4, 0.5) is 0 Å². The maximum Gasteiger partial charge on any atom is 0.101 e. The van der Waals surface area contributed by atoms with Gasteiger partial charge in [-0.05, 0) is 23.1 Å². The largest absolute Gasteiger partial charge is 0.387 e. The molecule has 0 fully saturated rings. The van der Waals surface area contributed by atoms with Gasteiger partial charge < -0.3 is 5.73 Å². The van der Waals surface area contributed by atoms with Gasteiger partial charge in [0.25, 0.3) is 0 Å². The zero-order valence-corrected chi connectivity index (χ0v) is 11.5. The summed E-state index contributed by atoms with van der Waals surface area (Å²) in [6.07, 6.45) is 0. The minimum absolute atomic E-state index is 0. The number of nitrogens with two attached hydrogens (primary N) is 1. The minimum atomic E-state index is 0. The molecule has 16 heavy (non-hydrogen) atoms. The zero-order chi connectivity index (χ0) is 11.5. The van der Waals surface area contributed by atoms with E-state index in [2.05, 4.69) is 45.0 Å². The summed E-state index contributed by atoms with van der Waals surface area (Å²) in [6, 6.07) is 8.47. The maximum absolute atomic E-state index is 7.14. The van der Waals surface area contributed by atoms with Gasteiger partial charge in [0.05, 0.1) is 5.75 Å². The summed E-state index contributed by atoms with van der Waals surface area (Å²) in [5.74, 6) is 0.786. The van der Waals surface area contributed by atoms with E-state index in [-0.39, 0.29) is 23.7 Å². The lowest BCUT2D eigenvalue weighted by Gasteiger charge is -2.18. The molecule has 2 nitrogen and oxygen atoms in total. The molecule has 0 spiro atoms. The summed E-state index contributed by atoms with van der Waals surface area (Å²) < 4.78 is 0. The highest BCUT2D eigenvalue weighted by Gasteiger charge is 2.12. The average Bonchev–Trinajstić information content (AvgIpc) is 2.14. The first-order chi connectivity index (χ1) is 6.89. The highest BCUT2D eigenvalue weighted by molar-refractivity contribution is 8.00. The molecule has 0 heterocycles. The van der Waals surface area contributed by atoms with Crippen molar-refractivity contribution in [2.24, 2.45) is 5.73 Å². The normalized spacial score (nSPS) is 10.7. The molecule has 0 radical (unpaired) electrons. The Bertz CT molecular complexity index is 341. The standard InChI is InChI=1S/C12H18N2S.ClH/c1-12(2,3)9-4-6-10(7-5-9)15-8-11(13)14;/h4-7H,8H2,1-3H3,(H3,13,14);1H. The molecule has 0 aliphatic heterocycles. The Kier molecular flexibility index (Phi) is 5.90. The highest BCUT2D eigenvalue weighted by Crippen LogP contribution is 2.25. The highest BCUT2D eigenvalue weighted by atomic mass is 35.5. The van der Waals surface area contributed by atoms with Gasteiger partial charge in [-0.15, -0.1) is 24.2 Å². The van der Waals surface area contributed by atoms with E-state index in [1.54, 1.807) is 11.8 Å². The average molecular weight is 259 g/mol. The Morgan fingerprint density at radius 1 is 1.25 bits per heavy atom. The van der Waals surface area contributed by atoms with E-state index in [1.165, 1.54) is 10.5 Å². The van der Waals surface area contributed by atoms with Crippen LogP contribution in [-0.4, -0.2) is 11.6 Å². The van der Waals surface area contributed by atoms with Crippen LogP contribution in [0.25, 0.3) is 0 Å². The Morgan fingerprint density at radius 2 is 1.75 bits per heavy atom. The summed E-state index contributed by atoms with van der Waals surface area (Å²) in [6.45, 7) is 6.60. The topological polar surface area (TPSA) is 49.9 Å². The molecule has 4 heteroatoms. The van der Waals surface area contributed by atoms with E-state index in [0.29, 0.717) is 5.75 Å². The first kappa shape index (κ1) is 15.3. The van der Waals surface area contributed by atoms with E-state index >= 15 is 0 Å². The first-order valence-corrected chi connectivity index (χ1v) is 5.94. The van der Waals surface area contributed by atoms with Crippen LogP contribution in [0.5, 0.6) is 0 Å². The first-order valence-electron chi connectivity index (χ1n) is 4.96. The molecule has 3 N–H and O–H groups in total. The van der Waals surface area contributed by atoms with Crippen LogP contribution >= 0.6 is 24.2 Å². The van der Waals surface area contributed by atoms with Crippen LogP contribution in [0, 0.1) is 5.41 Å². The van der Waals surface area contributed by atoms with E-state index in [4.69, 9.17) is 11.1 Å². The van der Waals surface area contributed by atoms with Gasteiger partial charge in [-0.2, -0.15) is 0 Å². The quantitative estimate of drug-likeness (QED) is 0.496. The van der Waals surface area contributed by atoms with Gasteiger partial charge in [0.1, 0.15) is 5.84 Å². The molecule has 90 valence electrons. The molecule has 0 aliphatic carbocycles. The van der Waals surface area contributed by atoms with Crippen molar-refractivity contribution in [2.45, 2.75) is 31.1 Å². The lowest BCUT2D eigenvalue weighted by molar-refractivity contribution is 0.590. The van der Waals surface area contributed by atoms with Crippen LogP contribution in [-0.2, 0) is 5.41 Å². The van der Waals surface area contributed by atoms with Gasteiger partial charge in [-0.1, -0.05) is 32.9 Å². The molecule has 1 rings (SSSR count). The number of nitrogens with one attached hydrogen (secondary N) is 1. The number of hydrogen-bond donors (Lipinski definition) is 2. The Morgan fingerprint density at radius 3 is 2.12 bits per heavy atom. The summed E-state index contributed by atoms with van der Waals surface area (Å²) in [4.78, 5) is 1.17. The molecule has 1 aromatic carbocycles. The predicted octanol–water partition coefficient (Wildman–Crippen LogP) is 3.43. The van der Waals surface area contributed by atoms with Crippen LogP contribution in [0.1, 0.15) is 26.3 Å². The van der Waals surface area contributed by atoms with Gasteiger partial charge in [0, 0.05) is 4.90 Å². The fourth-order valence-corrected chi connectivity index (χ4v) is 1.86. The Labute approximate surface area is 108 Å². The molecule has 0 aromatic heterocycles. The Hall–Kier alpha value is -0.670. The minimum Gasteiger partial charge on any atom is -0.387 e. The molecule has 0 amide bonds. The SMILES string of the molecule is CC(C)(C)c1ccc(SCC(=N)N)cc1.Cl. The van der Waals surface area contributed by atoms with Gasteiger partial charge in [-0.25, -0.2) is 0 Å². The van der Waals surface area contributed by atoms with E-state index in [0.717, 1.165) is 0 Å².